The molecule has 1 N–H and O–H groups in total. The topological polar surface area (TPSA) is 46.5 Å². The van der Waals surface area contributed by atoms with Gasteiger partial charge in [-0.2, -0.15) is 0 Å². The molecule has 1 saturated carbocycles. The first-order valence-corrected chi connectivity index (χ1v) is 6.03. The molecule has 1 aromatic rings. The van der Waals surface area contributed by atoms with Crippen LogP contribution < -0.4 is 4.74 Å². The lowest BCUT2D eigenvalue weighted by atomic mass is 10.1. The number of carbonyl (C=O) groups is 1. The van der Waals surface area contributed by atoms with Crippen molar-refractivity contribution in [3.05, 3.63) is 29.8 Å². The van der Waals surface area contributed by atoms with Gasteiger partial charge >= 0.3 is 5.97 Å². The number of rotatable bonds is 5. The monoisotopic (exact) mass is 234 g/mol. The lowest BCUT2D eigenvalue weighted by Crippen LogP contribution is -2.04. The van der Waals surface area contributed by atoms with E-state index in [-0.39, 0.29) is 11.8 Å². The third-order valence-corrected chi connectivity index (χ3v) is 3.00. The van der Waals surface area contributed by atoms with Crippen LogP contribution in [0.1, 0.15) is 31.7 Å². The van der Waals surface area contributed by atoms with E-state index < -0.39 is 5.97 Å². The van der Waals surface area contributed by atoms with Gasteiger partial charge in [0.25, 0.3) is 0 Å². The first-order valence-electron chi connectivity index (χ1n) is 6.03. The highest BCUT2D eigenvalue weighted by Crippen LogP contribution is 2.47. The minimum absolute atomic E-state index is 0.183. The molecule has 1 aromatic carbocycles. The fraction of sp³-hybridized carbons (Fsp3) is 0.500. The Kier molecular flexibility index (Phi) is 3.36. The van der Waals surface area contributed by atoms with E-state index in [2.05, 4.69) is 13.8 Å². The number of hydrogen-bond donors (Lipinski definition) is 1. The maximum Gasteiger partial charge on any atom is 0.307 e. The molecule has 1 aliphatic carbocycles. The minimum atomic E-state index is -0.685. The molecule has 0 spiro atoms. The molecule has 0 saturated heterocycles. The molecule has 3 heteroatoms. The van der Waals surface area contributed by atoms with Crippen LogP contribution in [0.5, 0.6) is 5.75 Å². The summed E-state index contributed by atoms with van der Waals surface area (Å²) < 4.78 is 5.58. The summed E-state index contributed by atoms with van der Waals surface area (Å²) in [5, 5.41) is 8.86. The molecule has 0 aliphatic heterocycles. The zero-order valence-corrected chi connectivity index (χ0v) is 10.2. The number of hydrogen-bond acceptors (Lipinski definition) is 2. The Hall–Kier alpha value is -1.51. The van der Waals surface area contributed by atoms with Crippen LogP contribution in [0.3, 0.4) is 0 Å². The van der Waals surface area contributed by atoms with Gasteiger partial charge in [0.05, 0.1) is 12.5 Å². The summed E-state index contributed by atoms with van der Waals surface area (Å²) in [7, 11) is 0. The van der Waals surface area contributed by atoms with E-state index in [1.807, 2.05) is 24.3 Å². The quantitative estimate of drug-likeness (QED) is 0.852. The molecular weight excluding hydrogens is 216 g/mol. The summed E-state index contributed by atoms with van der Waals surface area (Å²) in [4.78, 5) is 10.8. The Morgan fingerprint density at radius 3 is 2.53 bits per heavy atom. The Morgan fingerprint density at radius 2 is 2.06 bits per heavy atom. The van der Waals surface area contributed by atoms with Crippen molar-refractivity contribution in [1.29, 1.82) is 0 Å². The van der Waals surface area contributed by atoms with Crippen LogP contribution in [0.2, 0.25) is 0 Å². The van der Waals surface area contributed by atoms with E-state index in [4.69, 9.17) is 9.84 Å². The summed E-state index contributed by atoms with van der Waals surface area (Å²) in [5.41, 5.74) is 1.11. The predicted molar refractivity (Wildman–Crippen MR) is 65.3 cm³/mol. The second-order valence-electron chi connectivity index (χ2n) is 5.06. The highest BCUT2D eigenvalue weighted by molar-refractivity contribution is 5.75. The van der Waals surface area contributed by atoms with Crippen LogP contribution in [0.15, 0.2) is 24.3 Å². The van der Waals surface area contributed by atoms with Crippen molar-refractivity contribution >= 4 is 5.97 Å². The van der Waals surface area contributed by atoms with Crippen molar-refractivity contribution in [2.75, 3.05) is 6.61 Å². The average molecular weight is 234 g/mol. The molecule has 2 rings (SSSR count). The summed E-state index contributed by atoms with van der Waals surface area (Å²) in [5.74, 6) is 0.698. The third-order valence-electron chi connectivity index (χ3n) is 3.00. The molecule has 0 unspecified atom stereocenters. The van der Waals surface area contributed by atoms with E-state index in [0.717, 1.165) is 17.7 Å². The van der Waals surface area contributed by atoms with Crippen LogP contribution in [0.25, 0.3) is 0 Å². The van der Waals surface area contributed by atoms with Gasteiger partial charge in [0.1, 0.15) is 5.75 Å². The van der Waals surface area contributed by atoms with Gasteiger partial charge in [-0.3, -0.25) is 4.79 Å². The van der Waals surface area contributed by atoms with E-state index in [1.54, 1.807) is 0 Å². The summed E-state index contributed by atoms with van der Waals surface area (Å²) in [6.07, 6.45) is 0.765. The van der Waals surface area contributed by atoms with Gasteiger partial charge in [0.2, 0.25) is 0 Å². The highest BCUT2D eigenvalue weighted by atomic mass is 16.5. The van der Waals surface area contributed by atoms with Gasteiger partial charge < -0.3 is 9.84 Å². The lowest BCUT2D eigenvalue weighted by Gasteiger charge is -2.09. The van der Waals surface area contributed by atoms with Crippen LogP contribution >= 0.6 is 0 Å². The van der Waals surface area contributed by atoms with Crippen LogP contribution in [-0.4, -0.2) is 17.7 Å². The zero-order chi connectivity index (χ0) is 12.4. The van der Waals surface area contributed by atoms with E-state index >= 15 is 0 Å². The van der Waals surface area contributed by atoms with Crippen LogP contribution in [0, 0.1) is 11.8 Å². The largest absolute Gasteiger partial charge is 0.493 e. The minimum Gasteiger partial charge on any atom is -0.493 e. The Bertz CT molecular complexity index is 394. The first kappa shape index (κ1) is 12.0. The molecule has 1 fully saturated rings. The molecule has 2 atom stereocenters. The number of carboxylic acid groups (broad SMARTS) is 1. The zero-order valence-electron chi connectivity index (χ0n) is 10.2. The molecule has 0 bridgehead atoms. The van der Waals surface area contributed by atoms with Crippen molar-refractivity contribution < 1.29 is 14.6 Å². The molecule has 0 aromatic heterocycles. The molecule has 0 radical (unpaired) electrons. The van der Waals surface area contributed by atoms with E-state index in [0.29, 0.717) is 12.5 Å². The summed E-state index contributed by atoms with van der Waals surface area (Å²) in [6, 6.07) is 7.80. The van der Waals surface area contributed by atoms with Crippen molar-refractivity contribution in [2.24, 2.45) is 11.8 Å². The Labute approximate surface area is 101 Å². The van der Waals surface area contributed by atoms with Crippen LogP contribution in [-0.2, 0) is 4.79 Å². The van der Waals surface area contributed by atoms with Gasteiger partial charge in [-0.05, 0) is 36.0 Å². The van der Waals surface area contributed by atoms with Crippen molar-refractivity contribution in [3.8, 4) is 5.75 Å². The summed E-state index contributed by atoms with van der Waals surface area (Å²) >= 11 is 0. The van der Waals surface area contributed by atoms with Crippen LogP contribution in [0.4, 0.5) is 0 Å². The Balaban J connectivity index is 1.93. The van der Waals surface area contributed by atoms with Crippen molar-refractivity contribution in [2.45, 2.75) is 26.2 Å². The van der Waals surface area contributed by atoms with E-state index in [9.17, 15) is 4.79 Å². The van der Waals surface area contributed by atoms with E-state index in [1.165, 1.54) is 0 Å². The van der Waals surface area contributed by atoms with Gasteiger partial charge in [0, 0.05) is 0 Å². The fourth-order valence-electron chi connectivity index (χ4n) is 1.91. The highest BCUT2D eigenvalue weighted by Gasteiger charge is 2.43. The maximum atomic E-state index is 10.8. The van der Waals surface area contributed by atoms with Gasteiger partial charge in [-0.25, -0.2) is 0 Å². The molecule has 92 valence electrons. The second-order valence-corrected chi connectivity index (χ2v) is 5.06. The third kappa shape index (κ3) is 2.99. The second kappa shape index (κ2) is 4.78. The fourth-order valence-corrected chi connectivity index (χ4v) is 1.91. The first-order chi connectivity index (χ1) is 8.08. The van der Waals surface area contributed by atoms with Crippen molar-refractivity contribution in [1.82, 2.24) is 0 Å². The molecule has 3 nitrogen and oxygen atoms in total. The smallest absolute Gasteiger partial charge is 0.307 e. The number of aliphatic carboxylic acids is 1. The average Bonchev–Trinajstić information content (AvgIpc) is 3.07. The van der Waals surface area contributed by atoms with Gasteiger partial charge in [0.15, 0.2) is 0 Å². The Morgan fingerprint density at radius 1 is 1.41 bits per heavy atom. The normalized spacial score (nSPS) is 22.5. The molecule has 0 amide bonds. The maximum absolute atomic E-state index is 10.8. The SMILES string of the molecule is CC(C)COc1ccc([C@@H]2C[C@H]2C(=O)O)cc1. The number of benzene rings is 1. The molecular formula is C14H18O3. The molecule has 0 heterocycles. The molecule has 1 aliphatic rings. The predicted octanol–water partition coefficient (Wildman–Crippen LogP) is 2.91. The van der Waals surface area contributed by atoms with Gasteiger partial charge in [-0.15, -0.1) is 0 Å². The number of ether oxygens (including phenoxy) is 1. The van der Waals surface area contributed by atoms with Crippen molar-refractivity contribution in [3.63, 3.8) is 0 Å². The van der Waals surface area contributed by atoms with Gasteiger partial charge in [-0.1, -0.05) is 26.0 Å². The summed E-state index contributed by atoms with van der Waals surface area (Å²) in [6.45, 7) is 4.92. The number of carboxylic acids is 1. The lowest BCUT2D eigenvalue weighted by molar-refractivity contribution is -0.138. The molecule has 17 heavy (non-hydrogen) atoms. The standard InChI is InChI=1S/C14H18O3/c1-9(2)8-17-11-5-3-10(4-6-11)12-7-13(12)14(15)16/h3-6,9,12-13H,7-8H2,1-2H3,(H,15,16)/t12-,13+/m0/s1.